The predicted molar refractivity (Wildman–Crippen MR) is 71.8 cm³/mol. The fraction of sp³-hybridized carbons (Fsp3) is 0.923. The Hall–Kier alpha value is -0.690. The Labute approximate surface area is 114 Å². The molecule has 19 heavy (non-hydrogen) atoms. The van der Waals surface area contributed by atoms with Gasteiger partial charge in [0, 0.05) is 25.2 Å². The molecular formula is C13H25N3O3. The number of nitrogens with one attached hydrogen (secondary N) is 1. The maximum atomic E-state index is 12.6. The van der Waals surface area contributed by atoms with Crippen LogP contribution < -0.4 is 5.32 Å². The van der Waals surface area contributed by atoms with Crippen molar-refractivity contribution in [2.45, 2.75) is 24.6 Å². The summed E-state index contributed by atoms with van der Waals surface area (Å²) in [6.07, 6.45) is 0.270. The van der Waals surface area contributed by atoms with Gasteiger partial charge in [-0.3, -0.25) is 4.79 Å². The molecule has 2 heterocycles. The van der Waals surface area contributed by atoms with E-state index < -0.39 is 6.10 Å². The molecule has 0 saturated carbocycles. The lowest BCUT2D eigenvalue weighted by Crippen LogP contribution is -2.48. The van der Waals surface area contributed by atoms with Gasteiger partial charge < -0.3 is 25.0 Å². The zero-order valence-electron chi connectivity index (χ0n) is 12.0. The quantitative estimate of drug-likeness (QED) is 0.668. The Morgan fingerprint density at radius 1 is 1.47 bits per heavy atom. The third kappa shape index (κ3) is 3.25. The maximum absolute atomic E-state index is 12.6. The van der Waals surface area contributed by atoms with E-state index in [1.807, 2.05) is 26.0 Å². The number of likely N-dealkylation sites (N-methyl/N-ethyl adjacent to an activating group) is 2. The summed E-state index contributed by atoms with van der Waals surface area (Å²) in [5.74, 6) is -0.0137. The van der Waals surface area contributed by atoms with Gasteiger partial charge in [0.15, 0.2) is 0 Å². The number of nitrogens with zero attached hydrogens (tertiary/aromatic N) is 2. The van der Waals surface area contributed by atoms with E-state index in [0.29, 0.717) is 26.2 Å². The molecule has 4 unspecified atom stereocenters. The lowest BCUT2D eigenvalue weighted by molar-refractivity contribution is -0.137. The van der Waals surface area contributed by atoms with E-state index in [9.17, 15) is 9.90 Å². The van der Waals surface area contributed by atoms with Crippen molar-refractivity contribution < 1.29 is 14.6 Å². The monoisotopic (exact) mass is 271 g/mol. The third-order valence-corrected chi connectivity index (χ3v) is 4.02. The Morgan fingerprint density at radius 2 is 2.21 bits per heavy atom. The molecule has 2 aliphatic heterocycles. The SMILES string of the molecule is CNC1COCC1C(=O)N1CC(O)CC1CN(C)C. The molecule has 0 bridgehead atoms. The summed E-state index contributed by atoms with van der Waals surface area (Å²) in [4.78, 5) is 16.5. The average Bonchev–Trinajstić information content (AvgIpc) is 2.93. The first kappa shape index (κ1) is 14.7. The first-order valence-corrected chi connectivity index (χ1v) is 6.91. The summed E-state index contributed by atoms with van der Waals surface area (Å²) < 4.78 is 5.40. The van der Waals surface area contributed by atoms with Gasteiger partial charge in [-0.1, -0.05) is 0 Å². The maximum Gasteiger partial charge on any atom is 0.230 e. The number of likely N-dealkylation sites (tertiary alicyclic amines) is 1. The van der Waals surface area contributed by atoms with Crippen LogP contribution in [-0.4, -0.2) is 86.4 Å². The van der Waals surface area contributed by atoms with Gasteiger partial charge in [0.1, 0.15) is 0 Å². The minimum absolute atomic E-state index is 0.0882. The van der Waals surface area contributed by atoms with Crippen LogP contribution in [-0.2, 0) is 9.53 Å². The molecule has 0 aromatic carbocycles. The zero-order chi connectivity index (χ0) is 14.0. The topological polar surface area (TPSA) is 65.0 Å². The van der Waals surface area contributed by atoms with E-state index in [1.165, 1.54) is 0 Å². The number of carbonyl (C=O) groups excluding carboxylic acids is 1. The number of carbonyl (C=O) groups is 1. The van der Waals surface area contributed by atoms with Gasteiger partial charge in [0.25, 0.3) is 0 Å². The van der Waals surface area contributed by atoms with Crippen molar-refractivity contribution in [1.29, 1.82) is 0 Å². The molecule has 110 valence electrons. The molecule has 0 aliphatic carbocycles. The second-order valence-electron chi connectivity index (χ2n) is 5.84. The molecule has 0 aromatic heterocycles. The largest absolute Gasteiger partial charge is 0.391 e. The van der Waals surface area contributed by atoms with Crippen molar-refractivity contribution in [3.05, 3.63) is 0 Å². The highest BCUT2D eigenvalue weighted by molar-refractivity contribution is 5.80. The molecule has 0 radical (unpaired) electrons. The van der Waals surface area contributed by atoms with Crippen molar-refractivity contribution in [2.75, 3.05) is 47.4 Å². The molecule has 2 rings (SSSR count). The summed E-state index contributed by atoms with van der Waals surface area (Å²) in [5.41, 5.74) is 0. The van der Waals surface area contributed by atoms with Crippen LogP contribution in [0.3, 0.4) is 0 Å². The molecule has 2 saturated heterocycles. The van der Waals surface area contributed by atoms with Gasteiger partial charge in [0.05, 0.1) is 25.2 Å². The van der Waals surface area contributed by atoms with E-state index in [1.54, 1.807) is 0 Å². The van der Waals surface area contributed by atoms with Crippen LogP contribution in [0, 0.1) is 5.92 Å². The number of aliphatic hydroxyl groups excluding tert-OH is 1. The Kier molecular flexibility index (Phi) is 4.78. The van der Waals surface area contributed by atoms with E-state index in [2.05, 4.69) is 10.2 Å². The summed E-state index contributed by atoms with van der Waals surface area (Å²) in [5, 5.41) is 13.0. The van der Waals surface area contributed by atoms with E-state index in [0.717, 1.165) is 6.54 Å². The standard InChI is InChI=1S/C13H25N3O3/c1-14-12-8-19-7-11(12)13(18)16-6-10(17)4-9(16)5-15(2)3/h9-12,14,17H,4-8H2,1-3H3. The molecule has 6 nitrogen and oxygen atoms in total. The number of amides is 1. The molecule has 2 aliphatic rings. The van der Waals surface area contributed by atoms with Gasteiger partial charge in [-0.2, -0.15) is 0 Å². The molecule has 0 aromatic rings. The van der Waals surface area contributed by atoms with Crippen LogP contribution in [0.1, 0.15) is 6.42 Å². The fourth-order valence-corrected chi connectivity index (χ4v) is 3.05. The highest BCUT2D eigenvalue weighted by atomic mass is 16.5. The highest BCUT2D eigenvalue weighted by Crippen LogP contribution is 2.24. The van der Waals surface area contributed by atoms with Gasteiger partial charge in [-0.25, -0.2) is 0 Å². The molecule has 6 heteroatoms. The van der Waals surface area contributed by atoms with E-state index in [-0.39, 0.29) is 23.9 Å². The first-order chi connectivity index (χ1) is 9.02. The number of ether oxygens (including phenoxy) is 1. The number of hydrogen-bond acceptors (Lipinski definition) is 5. The van der Waals surface area contributed by atoms with Gasteiger partial charge in [-0.15, -0.1) is 0 Å². The first-order valence-electron chi connectivity index (χ1n) is 6.91. The normalized spacial score (nSPS) is 35.3. The summed E-state index contributed by atoms with van der Waals surface area (Å²) in [6, 6.07) is 0.195. The molecular weight excluding hydrogens is 246 g/mol. The Bertz CT molecular complexity index is 324. The lowest BCUT2D eigenvalue weighted by atomic mass is 10.0. The summed E-state index contributed by atoms with van der Waals surface area (Å²) in [7, 11) is 5.83. The van der Waals surface area contributed by atoms with Gasteiger partial charge in [-0.05, 0) is 27.6 Å². The van der Waals surface area contributed by atoms with Crippen LogP contribution in [0.5, 0.6) is 0 Å². The third-order valence-electron chi connectivity index (χ3n) is 4.02. The number of hydrogen-bond donors (Lipinski definition) is 2. The molecule has 2 N–H and O–H groups in total. The average molecular weight is 271 g/mol. The second kappa shape index (κ2) is 6.17. The smallest absolute Gasteiger partial charge is 0.230 e. The second-order valence-corrected chi connectivity index (χ2v) is 5.84. The minimum atomic E-state index is -0.399. The van der Waals surface area contributed by atoms with Crippen LogP contribution in [0.25, 0.3) is 0 Å². The zero-order valence-corrected chi connectivity index (χ0v) is 12.0. The van der Waals surface area contributed by atoms with Crippen molar-refractivity contribution in [3.8, 4) is 0 Å². The van der Waals surface area contributed by atoms with Crippen molar-refractivity contribution in [2.24, 2.45) is 5.92 Å². The van der Waals surface area contributed by atoms with Crippen LogP contribution >= 0.6 is 0 Å². The number of aliphatic hydroxyl groups is 1. The molecule has 2 fully saturated rings. The number of rotatable bonds is 4. The summed E-state index contributed by atoms with van der Waals surface area (Å²) in [6.45, 7) is 2.30. The predicted octanol–water partition coefficient (Wildman–Crippen LogP) is -1.26. The Morgan fingerprint density at radius 3 is 2.84 bits per heavy atom. The highest BCUT2D eigenvalue weighted by Gasteiger charge is 2.41. The van der Waals surface area contributed by atoms with Crippen LogP contribution in [0.4, 0.5) is 0 Å². The van der Waals surface area contributed by atoms with Gasteiger partial charge in [0.2, 0.25) is 5.91 Å². The van der Waals surface area contributed by atoms with Gasteiger partial charge >= 0.3 is 0 Å². The van der Waals surface area contributed by atoms with Crippen molar-refractivity contribution >= 4 is 5.91 Å². The number of β-amino-alcohol motifs (C(OH)–C–C–N with tert-alkyl or cyclic N) is 1. The lowest BCUT2D eigenvalue weighted by Gasteiger charge is -2.30. The van der Waals surface area contributed by atoms with Crippen molar-refractivity contribution in [1.82, 2.24) is 15.1 Å². The van der Waals surface area contributed by atoms with E-state index in [4.69, 9.17) is 4.74 Å². The minimum Gasteiger partial charge on any atom is -0.391 e. The molecule has 0 spiro atoms. The molecule has 4 atom stereocenters. The van der Waals surface area contributed by atoms with Crippen molar-refractivity contribution in [3.63, 3.8) is 0 Å². The van der Waals surface area contributed by atoms with E-state index >= 15 is 0 Å². The van der Waals surface area contributed by atoms with Crippen LogP contribution in [0.2, 0.25) is 0 Å². The Balaban J connectivity index is 2.03. The molecule has 1 amide bonds. The summed E-state index contributed by atoms with van der Waals surface area (Å²) >= 11 is 0. The van der Waals surface area contributed by atoms with Crippen LogP contribution in [0.15, 0.2) is 0 Å². The fourth-order valence-electron chi connectivity index (χ4n) is 3.05.